The van der Waals surface area contributed by atoms with E-state index in [-0.39, 0.29) is 11.5 Å². The molecule has 35 heavy (non-hydrogen) atoms. The molecule has 0 radical (unpaired) electrons. The zero-order chi connectivity index (χ0) is 24.0. The van der Waals surface area contributed by atoms with Gasteiger partial charge in [-0.2, -0.15) is 0 Å². The van der Waals surface area contributed by atoms with Gasteiger partial charge >= 0.3 is 0 Å². The quantitative estimate of drug-likeness (QED) is 0.274. The van der Waals surface area contributed by atoms with Gasteiger partial charge in [-0.25, -0.2) is 0 Å². The van der Waals surface area contributed by atoms with Crippen molar-refractivity contribution in [3.8, 4) is 11.5 Å². The number of rotatable bonds is 7. The molecule has 2 aliphatic rings. The van der Waals surface area contributed by atoms with E-state index in [4.69, 9.17) is 4.74 Å². The molecule has 3 aromatic rings. The van der Waals surface area contributed by atoms with E-state index in [1.54, 1.807) is 23.5 Å². The minimum atomic E-state index is 0.0808. The molecule has 0 spiro atoms. The lowest BCUT2D eigenvalue weighted by Gasteiger charge is -2.19. The summed E-state index contributed by atoms with van der Waals surface area (Å²) < 4.78 is 7.01. The van der Waals surface area contributed by atoms with Crippen LogP contribution in [0.4, 0.5) is 0 Å². The molecular weight excluding hydrogens is 454 g/mol. The van der Waals surface area contributed by atoms with E-state index in [9.17, 15) is 9.90 Å². The maximum atomic E-state index is 13.8. The number of hydrogen-bond acceptors (Lipinski definition) is 5. The number of fused-ring (bicyclic) bond motifs is 1. The standard InChI is InChI=1S/C30H37NO3S/c32-24-13-16-26-27(21-24)35-30(23-9-5-1-2-6-10-23)28(26)29(33)22-11-14-25(15-12-22)34-20-19-31-17-7-3-4-8-18-31/h11-16,21,23,32H,1-10,17-20H2. The number of benzene rings is 2. The van der Waals surface area contributed by atoms with Gasteiger partial charge < -0.3 is 9.84 Å². The molecule has 1 saturated heterocycles. The van der Waals surface area contributed by atoms with E-state index in [0.29, 0.717) is 18.1 Å². The highest BCUT2D eigenvalue weighted by Gasteiger charge is 2.26. The van der Waals surface area contributed by atoms with Gasteiger partial charge in [0.05, 0.1) is 0 Å². The topological polar surface area (TPSA) is 49.8 Å². The third kappa shape index (κ3) is 5.90. The molecule has 0 unspecified atom stereocenters. The summed E-state index contributed by atoms with van der Waals surface area (Å²) in [6.45, 7) is 3.98. The second-order valence-corrected chi connectivity index (χ2v) is 11.3. The maximum Gasteiger partial charge on any atom is 0.194 e. The third-order valence-corrected chi connectivity index (χ3v) is 8.96. The van der Waals surface area contributed by atoms with Crippen LogP contribution >= 0.6 is 11.3 Å². The molecule has 0 atom stereocenters. The Morgan fingerprint density at radius 3 is 2.31 bits per heavy atom. The predicted molar refractivity (Wildman–Crippen MR) is 144 cm³/mol. The Morgan fingerprint density at radius 1 is 0.914 bits per heavy atom. The summed E-state index contributed by atoms with van der Waals surface area (Å²) in [6, 6.07) is 13.1. The Bertz CT molecular complexity index is 1120. The zero-order valence-corrected chi connectivity index (χ0v) is 21.5. The molecule has 1 aliphatic heterocycles. The number of phenolic OH excluding ortho intramolecular Hbond substituents is 1. The van der Waals surface area contributed by atoms with Crippen molar-refractivity contribution in [1.29, 1.82) is 0 Å². The number of phenols is 1. The normalized spacial score (nSPS) is 18.3. The Morgan fingerprint density at radius 2 is 1.60 bits per heavy atom. The van der Waals surface area contributed by atoms with Gasteiger partial charge in [0, 0.05) is 32.6 Å². The van der Waals surface area contributed by atoms with Crippen LogP contribution in [0.25, 0.3) is 10.1 Å². The third-order valence-electron chi connectivity index (χ3n) is 7.65. The molecule has 1 aromatic heterocycles. The van der Waals surface area contributed by atoms with Crippen molar-refractivity contribution in [1.82, 2.24) is 4.90 Å². The highest BCUT2D eigenvalue weighted by molar-refractivity contribution is 7.19. The predicted octanol–water partition coefficient (Wildman–Crippen LogP) is 7.53. The van der Waals surface area contributed by atoms with Crippen molar-refractivity contribution in [3.63, 3.8) is 0 Å². The molecule has 4 nitrogen and oxygen atoms in total. The molecule has 186 valence electrons. The van der Waals surface area contributed by atoms with Gasteiger partial charge in [0.15, 0.2) is 5.78 Å². The van der Waals surface area contributed by atoms with Crippen LogP contribution in [0, 0.1) is 0 Å². The van der Waals surface area contributed by atoms with Gasteiger partial charge in [0.1, 0.15) is 18.1 Å². The molecule has 0 bridgehead atoms. The van der Waals surface area contributed by atoms with Crippen molar-refractivity contribution in [2.45, 2.75) is 70.1 Å². The Balaban J connectivity index is 1.33. The van der Waals surface area contributed by atoms with E-state index in [1.165, 1.54) is 69.3 Å². The summed E-state index contributed by atoms with van der Waals surface area (Å²) in [4.78, 5) is 17.5. The molecule has 1 N–H and O–H groups in total. The van der Waals surface area contributed by atoms with Crippen LogP contribution in [0.3, 0.4) is 0 Å². The molecule has 5 rings (SSSR count). The summed E-state index contributed by atoms with van der Waals surface area (Å²) in [7, 11) is 0. The minimum absolute atomic E-state index is 0.0808. The smallest absolute Gasteiger partial charge is 0.194 e. The fourth-order valence-electron chi connectivity index (χ4n) is 5.67. The summed E-state index contributed by atoms with van der Waals surface area (Å²) in [6.07, 6.45) is 12.6. The summed E-state index contributed by atoms with van der Waals surface area (Å²) in [5.41, 5.74) is 1.54. The first-order chi connectivity index (χ1) is 17.2. The SMILES string of the molecule is O=C(c1ccc(OCCN2CCCCCC2)cc1)c1c(C2CCCCCC2)sc2cc(O)ccc12. The van der Waals surface area contributed by atoms with Gasteiger partial charge in [-0.05, 0) is 87.2 Å². The number of hydrogen-bond donors (Lipinski definition) is 1. The van der Waals surface area contributed by atoms with Crippen LogP contribution in [0.5, 0.6) is 11.5 Å². The number of thiophene rings is 1. The van der Waals surface area contributed by atoms with Crippen molar-refractivity contribution < 1.29 is 14.6 Å². The van der Waals surface area contributed by atoms with E-state index in [1.807, 2.05) is 30.3 Å². The van der Waals surface area contributed by atoms with Crippen LogP contribution < -0.4 is 4.74 Å². The van der Waals surface area contributed by atoms with E-state index in [2.05, 4.69) is 4.90 Å². The van der Waals surface area contributed by atoms with Crippen molar-refractivity contribution >= 4 is 27.2 Å². The highest BCUT2D eigenvalue weighted by Crippen LogP contribution is 2.43. The van der Waals surface area contributed by atoms with Crippen LogP contribution in [-0.4, -0.2) is 42.0 Å². The highest BCUT2D eigenvalue weighted by atomic mass is 32.1. The number of nitrogens with zero attached hydrogens (tertiary/aromatic N) is 1. The lowest BCUT2D eigenvalue weighted by Crippen LogP contribution is -2.29. The summed E-state index contributed by atoms with van der Waals surface area (Å²) >= 11 is 1.70. The van der Waals surface area contributed by atoms with Crippen molar-refractivity contribution in [2.24, 2.45) is 0 Å². The Labute approximate surface area is 212 Å². The number of carbonyl (C=O) groups excluding carboxylic acids is 1. The molecule has 2 heterocycles. The average Bonchev–Trinajstić information content (AvgIpc) is 3.07. The largest absolute Gasteiger partial charge is 0.508 e. The number of likely N-dealkylation sites (tertiary alicyclic amines) is 1. The van der Waals surface area contributed by atoms with Gasteiger partial charge in [0.25, 0.3) is 0 Å². The summed E-state index contributed by atoms with van der Waals surface area (Å²) in [5, 5.41) is 11.0. The van der Waals surface area contributed by atoms with Gasteiger partial charge in [-0.1, -0.05) is 38.5 Å². The lowest BCUT2D eigenvalue weighted by atomic mass is 9.91. The first-order valence-electron chi connectivity index (χ1n) is 13.4. The monoisotopic (exact) mass is 491 g/mol. The first kappa shape index (κ1) is 24.3. The number of aromatic hydroxyl groups is 1. The fourth-order valence-corrected chi connectivity index (χ4v) is 7.07. The van der Waals surface area contributed by atoms with Crippen LogP contribution in [0.1, 0.15) is 90.9 Å². The average molecular weight is 492 g/mol. The van der Waals surface area contributed by atoms with E-state index >= 15 is 0 Å². The minimum Gasteiger partial charge on any atom is -0.508 e. The van der Waals surface area contributed by atoms with Crippen LogP contribution in [0.15, 0.2) is 42.5 Å². The second kappa shape index (κ2) is 11.6. The molecular formula is C30H37NO3S. The van der Waals surface area contributed by atoms with Crippen LogP contribution in [0.2, 0.25) is 0 Å². The summed E-state index contributed by atoms with van der Waals surface area (Å²) in [5.74, 6) is 1.59. The van der Waals surface area contributed by atoms with E-state index in [0.717, 1.165) is 40.8 Å². The van der Waals surface area contributed by atoms with Gasteiger partial charge in [0.2, 0.25) is 0 Å². The fraction of sp³-hybridized carbons (Fsp3) is 0.500. The van der Waals surface area contributed by atoms with E-state index < -0.39 is 0 Å². The molecule has 0 amide bonds. The maximum absolute atomic E-state index is 13.8. The van der Waals surface area contributed by atoms with Crippen molar-refractivity contribution in [3.05, 3.63) is 58.5 Å². The molecule has 1 saturated carbocycles. The second-order valence-electron chi connectivity index (χ2n) is 10.2. The van der Waals surface area contributed by atoms with Crippen LogP contribution in [-0.2, 0) is 0 Å². The lowest BCUT2D eigenvalue weighted by molar-refractivity contribution is 0.103. The Kier molecular flexibility index (Phi) is 8.05. The number of ether oxygens (including phenoxy) is 1. The van der Waals surface area contributed by atoms with Crippen molar-refractivity contribution in [2.75, 3.05) is 26.2 Å². The van der Waals surface area contributed by atoms with Gasteiger partial charge in [-0.15, -0.1) is 11.3 Å². The van der Waals surface area contributed by atoms with Gasteiger partial charge in [-0.3, -0.25) is 9.69 Å². The molecule has 2 aromatic carbocycles. The Hall–Kier alpha value is -2.37. The number of ketones is 1. The number of carbonyl (C=O) groups is 1. The first-order valence-corrected chi connectivity index (χ1v) is 14.3. The molecule has 5 heteroatoms. The zero-order valence-electron chi connectivity index (χ0n) is 20.6. The molecule has 1 aliphatic carbocycles. The molecule has 2 fully saturated rings.